The quantitative estimate of drug-likeness (QED) is 0.685. The van der Waals surface area contributed by atoms with Crippen molar-refractivity contribution in [2.75, 3.05) is 7.11 Å². The molecule has 2 unspecified atom stereocenters. The first kappa shape index (κ1) is 10.2. The predicted octanol–water partition coefficient (Wildman–Crippen LogP) is 1.07. The zero-order valence-corrected chi connectivity index (χ0v) is 7.55. The summed E-state index contributed by atoms with van der Waals surface area (Å²) >= 11 is 0. The molecule has 72 valence electrons. The van der Waals surface area contributed by atoms with Gasteiger partial charge in [0, 0.05) is 13.5 Å². The second-order valence-corrected chi connectivity index (χ2v) is 2.85. The third-order valence-corrected chi connectivity index (χ3v) is 1.88. The molecule has 1 aromatic carbocycles. The van der Waals surface area contributed by atoms with Crippen molar-refractivity contribution in [2.45, 2.75) is 18.8 Å². The van der Waals surface area contributed by atoms with E-state index in [0.29, 0.717) is 0 Å². The summed E-state index contributed by atoms with van der Waals surface area (Å²) in [6.07, 6.45) is -1.38. The van der Waals surface area contributed by atoms with E-state index in [4.69, 9.17) is 5.11 Å². The molecule has 0 spiro atoms. The Labute approximate surface area is 77.6 Å². The normalized spacial score (nSPS) is 15.3. The minimum Gasteiger partial charge on any atom is -0.388 e. The summed E-state index contributed by atoms with van der Waals surface area (Å²) < 4.78 is 4.64. The van der Waals surface area contributed by atoms with Gasteiger partial charge in [-0.25, -0.2) is 0 Å². The molecule has 3 nitrogen and oxygen atoms in total. The smallest absolute Gasteiger partial charge is 0.156 e. The summed E-state index contributed by atoms with van der Waals surface area (Å²) in [4.78, 5) is 0. The summed E-state index contributed by atoms with van der Waals surface area (Å²) in [6.45, 7) is 0. The molecule has 0 amide bonds. The van der Waals surface area contributed by atoms with E-state index in [1.165, 1.54) is 7.11 Å². The lowest BCUT2D eigenvalue weighted by Gasteiger charge is -2.14. The molecule has 0 saturated heterocycles. The molecule has 0 saturated carbocycles. The fourth-order valence-electron chi connectivity index (χ4n) is 1.10. The highest BCUT2D eigenvalue weighted by Crippen LogP contribution is 2.17. The standard InChI is InChI=1S/C10H14O3/c1-13-10(12)7-9(11)8-5-3-2-4-6-8/h2-6,9-12H,7H2,1H3. The average molecular weight is 182 g/mol. The third kappa shape index (κ3) is 3.14. The summed E-state index contributed by atoms with van der Waals surface area (Å²) in [5, 5.41) is 18.7. The van der Waals surface area contributed by atoms with Crippen LogP contribution >= 0.6 is 0 Å². The number of aliphatic hydroxyl groups is 2. The first-order chi connectivity index (χ1) is 6.24. The number of hydrogen-bond donors (Lipinski definition) is 2. The van der Waals surface area contributed by atoms with Crippen LogP contribution in [0.25, 0.3) is 0 Å². The fraction of sp³-hybridized carbons (Fsp3) is 0.400. The van der Waals surface area contributed by atoms with Gasteiger partial charge in [0.25, 0.3) is 0 Å². The van der Waals surface area contributed by atoms with E-state index in [0.717, 1.165) is 5.56 Å². The summed E-state index contributed by atoms with van der Waals surface area (Å²) in [7, 11) is 1.41. The van der Waals surface area contributed by atoms with Gasteiger partial charge in [0.15, 0.2) is 6.29 Å². The maximum Gasteiger partial charge on any atom is 0.156 e. The number of aliphatic hydroxyl groups excluding tert-OH is 2. The Morgan fingerprint density at radius 3 is 2.38 bits per heavy atom. The molecule has 0 aliphatic carbocycles. The van der Waals surface area contributed by atoms with E-state index in [2.05, 4.69) is 4.74 Å². The highest BCUT2D eigenvalue weighted by molar-refractivity contribution is 5.17. The maximum absolute atomic E-state index is 9.58. The fourth-order valence-corrected chi connectivity index (χ4v) is 1.10. The van der Waals surface area contributed by atoms with Crippen molar-refractivity contribution in [3.8, 4) is 0 Å². The molecule has 2 N–H and O–H groups in total. The SMILES string of the molecule is COC(O)CC(O)c1ccccc1. The van der Waals surface area contributed by atoms with Gasteiger partial charge in [-0.2, -0.15) is 0 Å². The van der Waals surface area contributed by atoms with Gasteiger partial charge in [-0.15, -0.1) is 0 Å². The highest BCUT2D eigenvalue weighted by Gasteiger charge is 2.12. The maximum atomic E-state index is 9.58. The van der Waals surface area contributed by atoms with Gasteiger partial charge in [-0.05, 0) is 5.56 Å². The van der Waals surface area contributed by atoms with Crippen molar-refractivity contribution in [1.82, 2.24) is 0 Å². The van der Waals surface area contributed by atoms with E-state index in [-0.39, 0.29) is 6.42 Å². The lowest BCUT2D eigenvalue weighted by Crippen LogP contribution is -2.13. The van der Waals surface area contributed by atoms with Crippen LogP contribution in [-0.2, 0) is 4.74 Å². The average Bonchev–Trinajstić information content (AvgIpc) is 2.19. The second kappa shape index (κ2) is 4.97. The van der Waals surface area contributed by atoms with E-state index in [1.54, 1.807) is 0 Å². The van der Waals surface area contributed by atoms with Crippen molar-refractivity contribution in [3.05, 3.63) is 35.9 Å². The van der Waals surface area contributed by atoms with Crippen LogP contribution in [0.15, 0.2) is 30.3 Å². The van der Waals surface area contributed by atoms with Gasteiger partial charge in [-0.3, -0.25) is 0 Å². The Kier molecular flexibility index (Phi) is 3.89. The lowest BCUT2D eigenvalue weighted by atomic mass is 10.1. The molecule has 0 aromatic heterocycles. The van der Waals surface area contributed by atoms with Crippen LogP contribution in [0.2, 0.25) is 0 Å². The van der Waals surface area contributed by atoms with Crippen LogP contribution in [0.3, 0.4) is 0 Å². The van der Waals surface area contributed by atoms with Crippen LogP contribution < -0.4 is 0 Å². The highest BCUT2D eigenvalue weighted by atomic mass is 16.6. The summed E-state index contributed by atoms with van der Waals surface area (Å²) in [5.41, 5.74) is 0.790. The molecule has 1 rings (SSSR count). The van der Waals surface area contributed by atoms with Crippen LogP contribution in [-0.4, -0.2) is 23.6 Å². The molecule has 0 heterocycles. The van der Waals surface area contributed by atoms with Crippen molar-refractivity contribution >= 4 is 0 Å². The van der Waals surface area contributed by atoms with Crippen molar-refractivity contribution in [3.63, 3.8) is 0 Å². The van der Waals surface area contributed by atoms with E-state index in [1.807, 2.05) is 30.3 Å². The minimum atomic E-state index is -0.907. The number of benzene rings is 1. The third-order valence-electron chi connectivity index (χ3n) is 1.88. The Bertz CT molecular complexity index is 235. The molecule has 0 radical (unpaired) electrons. The number of methoxy groups -OCH3 is 1. The molecule has 0 bridgehead atoms. The predicted molar refractivity (Wildman–Crippen MR) is 49.0 cm³/mol. The van der Waals surface area contributed by atoms with Gasteiger partial charge >= 0.3 is 0 Å². The van der Waals surface area contributed by atoms with Crippen LogP contribution in [0.4, 0.5) is 0 Å². The van der Waals surface area contributed by atoms with Gasteiger partial charge in [0.2, 0.25) is 0 Å². The van der Waals surface area contributed by atoms with Gasteiger partial charge < -0.3 is 14.9 Å². The number of hydrogen-bond acceptors (Lipinski definition) is 3. The molecule has 2 atom stereocenters. The number of rotatable bonds is 4. The first-order valence-electron chi connectivity index (χ1n) is 4.18. The molecule has 0 fully saturated rings. The Balaban J connectivity index is 2.53. The topological polar surface area (TPSA) is 49.7 Å². The number of ether oxygens (including phenoxy) is 1. The van der Waals surface area contributed by atoms with E-state index in [9.17, 15) is 5.11 Å². The Morgan fingerprint density at radius 1 is 1.23 bits per heavy atom. The van der Waals surface area contributed by atoms with E-state index < -0.39 is 12.4 Å². The molecular formula is C10H14O3. The summed E-state index contributed by atoms with van der Waals surface area (Å²) in [6, 6.07) is 9.19. The van der Waals surface area contributed by atoms with Crippen molar-refractivity contribution in [1.29, 1.82) is 0 Å². The Morgan fingerprint density at radius 2 is 1.85 bits per heavy atom. The second-order valence-electron chi connectivity index (χ2n) is 2.85. The molecule has 1 aromatic rings. The lowest BCUT2D eigenvalue weighted by molar-refractivity contribution is -0.0982. The molecule has 0 aliphatic heterocycles. The van der Waals surface area contributed by atoms with Crippen LogP contribution in [0.1, 0.15) is 18.1 Å². The largest absolute Gasteiger partial charge is 0.388 e. The molecular weight excluding hydrogens is 168 g/mol. The van der Waals surface area contributed by atoms with E-state index >= 15 is 0 Å². The van der Waals surface area contributed by atoms with Gasteiger partial charge in [-0.1, -0.05) is 30.3 Å². The van der Waals surface area contributed by atoms with Crippen LogP contribution in [0, 0.1) is 0 Å². The zero-order chi connectivity index (χ0) is 9.68. The van der Waals surface area contributed by atoms with Crippen LogP contribution in [0.5, 0.6) is 0 Å². The summed E-state index contributed by atoms with van der Waals surface area (Å²) in [5.74, 6) is 0. The molecule has 13 heavy (non-hydrogen) atoms. The molecule has 0 aliphatic rings. The first-order valence-corrected chi connectivity index (χ1v) is 4.18. The van der Waals surface area contributed by atoms with Gasteiger partial charge in [0.1, 0.15) is 0 Å². The van der Waals surface area contributed by atoms with Gasteiger partial charge in [0.05, 0.1) is 6.10 Å². The Hall–Kier alpha value is -0.900. The van der Waals surface area contributed by atoms with Crippen molar-refractivity contribution in [2.24, 2.45) is 0 Å². The van der Waals surface area contributed by atoms with Crippen molar-refractivity contribution < 1.29 is 14.9 Å². The molecule has 3 heteroatoms. The minimum absolute atomic E-state index is 0.195. The zero-order valence-electron chi connectivity index (χ0n) is 7.55. The monoisotopic (exact) mass is 182 g/mol.